The first-order valence-electron chi connectivity index (χ1n) is 12.9. The van der Waals surface area contributed by atoms with Crippen LogP contribution in [0.3, 0.4) is 0 Å². The number of amides is 2. The van der Waals surface area contributed by atoms with Gasteiger partial charge in [-0.2, -0.15) is 0 Å². The molecule has 1 N–H and O–H groups in total. The molecule has 3 rings (SSSR count). The standard InChI is InChI=1S/C30H35ClFN3O4S/c1-6-26(29(37)33-30(3,4)5)34(19-22-13-15-23(31)16-14-22)28(36)20-35(27-10-8-7-9-25(27)32)40(38,39)24-17-11-21(2)12-18-24/h7-18,26H,6,19-20H2,1-5H3,(H,33,37)/t26-/m0/s1. The second kappa shape index (κ2) is 12.8. The number of carbonyl (C=O) groups excluding carboxylic acids is 2. The fourth-order valence-electron chi connectivity index (χ4n) is 4.16. The van der Waals surface area contributed by atoms with Gasteiger partial charge in [-0.15, -0.1) is 0 Å². The summed E-state index contributed by atoms with van der Waals surface area (Å²) in [5, 5.41) is 3.42. The average molecular weight is 588 g/mol. The number of sulfonamides is 1. The number of halogens is 2. The highest BCUT2D eigenvalue weighted by atomic mass is 35.5. The lowest BCUT2D eigenvalue weighted by Gasteiger charge is -2.34. The van der Waals surface area contributed by atoms with Crippen molar-refractivity contribution in [2.75, 3.05) is 10.8 Å². The summed E-state index contributed by atoms with van der Waals surface area (Å²) < 4.78 is 43.4. The van der Waals surface area contributed by atoms with Crippen LogP contribution >= 0.6 is 11.6 Å². The van der Waals surface area contributed by atoms with E-state index in [1.54, 1.807) is 43.3 Å². The van der Waals surface area contributed by atoms with E-state index in [-0.39, 0.29) is 29.5 Å². The van der Waals surface area contributed by atoms with Gasteiger partial charge in [0, 0.05) is 17.1 Å². The summed E-state index contributed by atoms with van der Waals surface area (Å²) >= 11 is 6.04. The summed E-state index contributed by atoms with van der Waals surface area (Å²) in [4.78, 5) is 28.6. The Morgan fingerprint density at radius 2 is 1.57 bits per heavy atom. The van der Waals surface area contributed by atoms with Gasteiger partial charge in [0.15, 0.2) is 0 Å². The molecule has 0 aromatic heterocycles. The van der Waals surface area contributed by atoms with Crippen LogP contribution in [-0.4, -0.2) is 43.3 Å². The van der Waals surface area contributed by atoms with Gasteiger partial charge in [-0.3, -0.25) is 13.9 Å². The van der Waals surface area contributed by atoms with Crippen LogP contribution < -0.4 is 9.62 Å². The number of nitrogens with one attached hydrogen (secondary N) is 1. The third-order valence-electron chi connectivity index (χ3n) is 6.16. The molecule has 0 bridgehead atoms. The quantitative estimate of drug-likeness (QED) is 0.329. The molecule has 0 aliphatic carbocycles. The summed E-state index contributed by atoms with van der Waals surface area (Å²) in [6, 6.07) is 17.4. The Labute approximate surface area is 241 Å². The molecule has 0 heterocycles. The fraction of sp³-hybridized carbons (Fsp3) is 0.333. The lowest BCUT2D eigenvalue weighted by atomic mass is 10.1. The highest BCUT2D eigenvalue weighted by Crippen LogP contribution is 2.27. The highest BCUT2D eigenvalue weighted by Gasteiger charge is 2.35. The van der Waals surface area contributed by atoms with Crippen LogP contribution in [0.15, 0.2) is 77.7 Å². The zero-order valence-electron chi connectivity index (χ0n) is 23.3. The zero-order chi connectivity index (χ0) is 29.7. The molecule has 2 amide bonds. The van der Waals surface area contributed by atoms with E-state index in [2.05, 4.69) is 5.32 Å². The Kier molecular flexibility index (Phi) is 9.97. The number of para-hydroxylation sites is 1. The number of hydrogen-bond donors (Lipinski definition) is 1. The number of rotatable bonds is 10. The number of nitrogens with zero attached hydrogens (tertiary/aromatic N) is 2. The molecule has 214 valence electrons. The van der Waals surface area contributed by atoms with Gasteiger partial charge < -0.3 is 10.2 Å². The van der Waals surface area contributed by atoms with Crippen molar-refractivity contribution in [2.45, 2.75) is 64.1 Å². The van der Waals surface area contributed by atoms with Crippen LogP contribution in [0.25, 0.3) is 0 Å². The third kappa shape index (κ3) is 7.82. The third-order valence-corrected chi connectivity index (χ3v) is 8.19. The van der Waals surface area contributed by atoms with Crippen molar-refractivity contribution >= 4 is 39.1 Å². The second-order valence-corrected chi connectivity index (χ2v) is 12.9. The van der Waals surface area contributed by atoms with E-state index in [0.717, 1.165) is 15.9 Å². The lowest BCUT2D eigenvalue weighted by Crippen LogP contribution is -2.55. The summed E-state index contributed by atoms with van der Waals surface area (Å²) in [5.74, 6) is -1.84. The molecule has 0 radical (unpaired) electrons. The maximum absolute atomic E-state index is 15.0. The van der Waals surface area contributed by atoms with E-state index in [1.807, 2.05) is 27.7 Å². The monoisotopic (exact) mass is 587 g/mol. The first kappa shape index (κ1) is 31.1. The molecule has 0 saturated carbocycles. The minimum absolute atomic E-state index is 0.0156. The van der Waals surface area contributed by atoms with Crippen molar-refractivity contribution < 1.29 is 22.4 Å². The van der Waals surface area contributed by atoms with Gasteiger partial charge in [0.25, 0.3) is 10.0 Å². The fourth-order valence-corrected chi connectivity index (χ4v) is 5.71. The first-order valence-corrected chi connectivity index (χ1v) is 14.7. The minimum Gasteiger partial charge on any atom is -0.350 e. The molecule has 10 heteroatoms. The lowest BCUT2D eigenvalue weighted by molar-refractivity contribution is -0.141. The number of hydrogen-bond acceptors (Lipinski definition) is 4. The van der Waals surface area contributed by atoms with Crippen molar-refractivity contribution in [1.82, 2.24) is 10.2 Å². The number of anilines is 1. The molecular formula is C30H35ClFN3O4S. The topological polar surface area (TPSA) is 86.8 Å². The Morgan fingerprint density at radius 3 is 2.12 bits per heavy atom. The zero-order valence-corrected chi connectivity index (χ0v) is 24.9. The van der Waals surface area contributed by atoms with E-state index in [4.69, 9.17) is 11.6 Å². The smallest absolute Gasteiger partial charge is 0.264 e. The van der Waals surface area contributed by atoms with Gasteiger partial charge >= 0.3 is 0 Å². The Balaban J connectivity index is 2.08. The molecule has 0 saturated heterocycles. The highest BCUT2D eigenvalue weighted by molar-refractivity contribution is 7.92. The van der Waals surface area contributed by atoms with E-state index in [1.165, 1.54) is 35.2 Å². The van der Waals surface area contributed by atoms with E-state index in [0.29, 0.717) is 10.6 Å². The van der Waals surface area contributed by atoms with Crippen molar-refractivity contribution in [3.63, 3.8) is 0 Å². The summed E-state index contributed by atoms with van der Waals surface area (Å²) in [6.45, 7) is 8.38. The van der Waals surface area contributed by atoms with Crippen molar-refractivity contribution in [1.29, 1.82) is 0 Å². The summed E-state index contributed by atoms with van der Waals surface area (Å²) in [7, 11) is -4.35. The Hall–Kier alpha value is -3.43. The van der Waals surface area contributed by atoms with Gasteiger partial charge in [-0.1, -0.05) is 60.5 Å². The molecule has 1 atom stereocenters. The molecule has 7 nitrogen and oxygen atoms in total. The van der Waals surface area contributed by atoms with Crippen molar-refractivity contribution in [2.24, 2.45) is 0 Å². The van der Waals surface area contributed by atoms with E-state index in [9.17, 15) is 18.0 Å². The molecule has 3 aromatic carbocycles. The average Bonchev–Trinajstić information content (AvgIpc) is 2.88. The maximum atomic E-state index is 15.0. The van der Waals surface area contributed by atoms with Crippen molar-refractivity contribution in [3.05, 3.63) is 94.8 Å². The predicted molar refractivity (Wildman–Crippen MR) is 156 cm³/mol. The molecule has 3 aromatic rings. The largest absolute Gasteiger partial charge is 0.350 e. The maximum Gasteiger partial charge on any atom is 0.264 e. The predicted octanol–water partition coefficient (Wildman–Crippen LogP) is 5.70. The van der Waals surface area contributed by atoms with Gasteiger partial charge in [-0.05, 0) is 76.1 Å². The van der Waals surface area contributed by atoms with Crippen LogP contribution in [0.2, 0.25) is 5.02 Å². The molecule has 40 heavy (non-hydrogen) atoms. The van der Waals surface area contributed by atoms with Gasteiger partial charge in [-0.25, -0.2) is 12.8 Å². The molecule has 0 aliphatic heterocycles. The minimum atomic E-state index is -4.35. The van der Waals surface area contributed by atoms with Crippen LogP contribution in [0.4, 0.5) is 10.1 Å². The van der Waals surface area contributed by atoms with Crippen molar-refractivity contribution in [3.8, 4) is 0 Å². The summed E-state index contributed by atoms with van der Waals surface area (Å²) in [6.07, 6.45) is 0.269. The van der Waals surface area contributed by atoms with E-state index < -0.39 is 39.9 Å². The van der Waals surface area contributed by atoms with Gasteiger partial charge in [0.1, 0.15) is 18.4 Å². The molecule has 0 spiro atoms. The second-order valence-electron chi connectivity index (χ2n) is 10.6. The number of carbonyl (C=O) groups is 2. The molecular weight excluding hydrogens is 553 g/mol. The molecule has 0 fully saturated rings. The van der Waals surface area contributed by atoms with Gasteiger partial charge in [0.05, 0.1) is 10.6 Å². The first-order chi connectivity index (χ1) is 18.7. The number of benzene rings is 3. The summed E-state index contributed by atoms with van der Waals surface area (Å²) in [5.41, 5.74) is 0.707. The molecule has 0 unspecified atom stereocenters. The normalized spacial score (nSPS) is 12.5. The Morgan fingerprint density at radius 1 is 0.975 bits per heavy atom. The Bertz CT molecular complexity index is 1440. The van der Waals surface area contributed by atoms with Gasteiger partial charge in [0.2, 0.25) is 11.8 Å². The van der Waals surface area contributed by atoms with Crippen LogP contribution in [-0.2, 0) is 26.2 Å². The number of aryl methyl sites for hydroxylation is 1. The van der Waals surface area contributed by atoms with Crippen LogP contribution in [0.1, 0.15) is 45.2 Å². The molecule has 0 aliphatic rings. The van der Waals surface area contributed by atoms with E-state index >= 15 is 4.39 Å². The van der Waals surface area contributed by atoms with Crippen LogP contribution in [0.5, 0.6) is 0 Å². The SMILES string of the molecule is CC[C@@H](C(=O)NC(C)(C)C)N(Cc1ccc(Cl)cc1)C(=O)CN(c1ccccc1F)S(=O)(=O)c1ccc(C)cc1. The van der Waals surface area contributed by atoms with Crippen LogP contribution in [0, 0.1) is 12.7 Å².